The van der Waals surface area contributed by atoms with Crippen LogP contribution in [0.15, 0.2) is 29.4 Å². The number of benzene rings is 1. The molecule has 0 fully saturated rings. The van der Waals surface area contributed by atoms with Gasteiger partial charge in [-0.1, -0.05) is 13.0 Å². The lowest BCUT2D eigenvalue weighted by atomic mass is 10.1. The van der Waals surface area contributed by atoms with E-state index in [1.807, 2.05) is 6.92 Å². The molecule has 0 aliphatic rings. The summed E-state index contributed by atoms with van der Waals surface area (Å²) in [5.74, 6) is -1.18. The second-order valence-corrected chi connectivity index (χ2v) is 6.50. The number of hydrogen-bond acceptors (Lipinski definition) is 5. The lowest BCUT2D eigenvalue weighted by Gasteiger charge is -2.10. The Labute approximate surface area is 122 Å². The summed E-state index contributed by atoms with van der Waals surface area (Å²) in [6.45, 7) is 1.82. The lowest BCUT2D eigenvalue weighted by molar-refractivity contribution is 0.0696. The Morgan fingerprint density at radius 1 is 1.38 bits per heavy atom. The van der Waals surface area contributed by atoms with Gasteiger partial charge < -0.3 is 5.11 Å². The van der Waals surface area contributed by atoms with Crippen LogP contribution in [0.5, 0.6) is 0 Å². The summed E-state index contributed by atoms with van der Waals surface area (Å²) in [7, 11) is -2.09. The van der Waals surface area contributed by atoms with Crippen molar-refractivity contribution in [3.63, 3.8) is 0 Å². The van der Waals surface area contributed by atoms with Gasteiger partial charge in [0.1, 0.15) is 17.9 Å². The minimum atomic E-state index is -3.69. The fraction of sp³-hybridized carbons (Fsp3) is 0.308. The SMILES string of the molecule is CCc1ccc(C(=O)O)cc1S(=O)(=O)Cc1ncnn1C. The van der Waals surface area contributed by atoms with Gasteiger partial charge in [0.25, 0.3) is 0 Å². The van der Waals surface area contributed by atoms with Gasteiger partial charge in [0.05, 0.1) is 10.5 Å². The summed E-state index contributed by atoms with van der Waals surface area (Å²) in [5.41, 5.74) is 0.533. The van der Waals surface area contributed by atoms with Crippen molar-refractivity contribution in [2.24, 2.45) is 7.05 Å². The number of nitrogens with zero attached hydrogens (tertiary/aromatic N) is 3. The maximum atomic E-state index is 12.5. The fourth-order valence-corrected chi connectivity index (χ4v) is 3.64. The Morgan fingerprint density at radius 3 is 2.62 bits per heavy atom. The van der Waals surface area contributed by atoms with Crippen molar-refractivity contribution in [2.75, 3.05) is 0 Å². The number of carboxylic acid groups (broad SMARTS) is 1. The zero-order chi connectivity index (χ0) is 15.6. The van der Waals surface area contributed by atoms with Crippen LogP contribution in [0.2, 0.25) is 0 Å². The summed E-state index contributed by atoms with van der Waals surface area (Å²) >= 11 is 0. The topological polar surface area (TPSA) is 102 Å². The quantitative estimate of drug-likeness (QED) is 0.885. The van der Waals surface area contributed by atoms with E-state index in [2.05, 4.69) is 10.1 Å². The standard InChI is InChI=1S/C13H15N3O4S/c1-3-9-4-5-10(13(17)18)6-11(9)21(19,20)7-12-14-8-15-16(12)2/h4-6,8H,3,7H2,1-2H3,(H,17,18). The van der Waals surface area contributed by atoms with Gasteiger partial charge in [-0.25, -0.2) is 18.2 Å². The summed E-state index contributed by atoms with van der Waals surface area (Å²) in [6.07, 6.45) is 1.77. The number of carboxylic acids is 1. The predicted molar refractivity (Wildman–Crippen MR) is 74.7 cm³/mol. The maximum Gasteiger partial charge on any atom is 0.335 e. The number of carbonyl (C=O) groups is 1. The molecule has 2 aromatic rings. The molecule has 0 bridgehead atoms. The Balaban J connectivity index is 2.50. The van der Waals surface area contributed by atoms with Crippen molar-refractivity contribution in [2.45, 2.75) is 24.0 Å². The molecule has 0 radical (unpaired) electrons. The molecule has 0 amide bonds. The van der Waals surface area contributed by atoms with Crippen molar-refractivity contribution in [3.05, 3.63) is 41.5 Å². The predicted octanol–water partition coefficient (Wildman–Crippen LogP) is 1.05. The van der Waals surface area contributed by atoms with E-state index in [1.165, 1.54) is 29.2 Å². The Bertz CT molecular complexity index is 780. The van der Waals surface area contributed by atoms with Gasteiger partial charge >= 0.3 is 5.97 Å². The van der Waals surface area contributed by atoms with Crippen molar-refractivity contribution in [3.8, 4) is 0 Å². The van der Waals surface area contributed by atoms with E-state index in [-0.39, 0.29) is 16.2 Å². The van der Waals surface area contributed by atoms with Crippen LogP contribution < -0.4 is 0 Å². The molecule has 0 spiro atoms. The highest BCUT2D eigenvalue weighted by Crippen LogP contribution is 2.22. The van der Waals surface area contributed by atoms with Crippen molar-refractivity contribution in [1.82, 2.24) is 14.8 Å². The average molecular weight is 309 g/mol. The average Bonchev–Trinajstić information content (AvgIpc) is 2.82. The zero-order valence-electron chi connectivity index (χ0n) is 11.6. The van der Waals surface area contributed by atoms with E-state index < -0.39 is 15.8 Å². The normalized spacial score (nSPS) is 11.5. The van der Waals surface area contributed by atoms with E-state index >= 15 is 0 Å². The number of aromatic nitrogens is 3. The molecule has 1 N–H and O–H groups in total. The minimum Gasteiger partial charge on any atom is -0.478 e. The van der Waals surface area contributed by atoms with Crippen LogP contribution in [0, 0.1) is 0 Å². The molecule has 0 aliphatic carbocycles. The van der Waals surface area contributed by atoms with Crippen molar-refractivity contribution < 1.29 is 18.3 Å². The van der Waals surface area contributed by atoms with Gasteiger partial charge in [0.15, 0.2) is 9.84 Å². The molecule has 0 unspecified atom stereocenters. The van der Waals surface area contributed by atoms with Crippen LogP contribution in [0.3, 0.4) is 0 Å². The monoisotopic (exact) mass is 309 g/mol. The highest BCUT2D eigenvalue weighted by molar-refractivity contribution is 7.90. The highest BCUT2D eigenvalue weighted by atomic mass is 32.2. The molecule has 1 aromatic heterocycles. The van der Waals surface area contributed by atoms with Gasteiger partial charge in [-0.15, -0.1) is 0 Å². The Morgan fingerprint density at radius 2 is 2.10 bits per heavy atom. The zero-order valence-corrected chi connectivity index (χ0v) is 12.5. The van der Waals surface area contributed by atoms with Crippen LogP contribution in [0.1, 0.15) is 28.7 Å². The number of sulfone groups is 1. The van der Waals surface area contributed by atoms with E-state index in [9.17, 15) is 13.2 Å². The molecule has 1 aromatic carbocycles. The van der Waals surface area contributed by atoms with Crippen LogP contribution in [-0.4, -0.2) is 34.3 Å². The van der Waals surface area contributed by atoms with E-state index in [4.69, 9.17) is 5.11 Å². The van der Waals surface area contributed by atoms with Crippen LogP contribution in [-0.2, 0) is 29.1 Å². The second-order valence-electron chi connectivity index (χ2n) is 4.54. The van der Waals surface area contributed by atoms with Gasteiger partial charge in [0, 0.05) is 7.05 Å². The van der Waals surface area contributed by atoms with E-state index in [1.54, 1.807) is 7.05 Å². The second kappa shape index (κ2) is 5.65. The molecule has 1 heterocycles. The number of aryl methyl sites for hydroxylation is 2. The molecular weight excluding hydrogens is 294 g/mol. The van der Waals surface area contributed by atoms with Gasteiger partial charge in [-0.05, 0) is 24.1 Å². The maximum absolute atomic E-state index is 12.5. The molecule has 7 nitrogen and oxygen atoms in total. The first-order chi connectivity index (χ1) is 9.85. The molecule has 0 atom stereocenters. The number of hydrogen-bond donors (Lipinski definition) is 1. The summed E-state index contributed by atoms with van der Waals surface area (Å²) < 4.78 is 26.4. The largest absolute Gasteiger partial charge is 0.478 e. The van der Waals surface area contributed by atoms with Gasteiger partial charge in [-0.2, -0.15) is 5.10 Å². The molecule has 0 saturated heterocycles. The summed E-state index contributed by atoms with van der Waals surface area (Å²) in [4.78, 5) is 15.0. The molecule has 0 saturated carbocycles. The highest BCUT2D eigenvalue weighted by Gasteiger charge is 2.22. The third-order valence-corrected chi connectivity index (χ3v) is 4.84. The van der Waals surface area contributed by atoms with Crippen LogP contribution in [0.4, 0.5) is 0 Å². The van der Waals surface area contributed by atoms with Crippen molar-refractivity contribution in [1.29, 1.82) is 0 Å². The molecule has 21 heavy (non-hydrogen) atoms. The van der Waals surface area contributed by atoms with Gasteiger partial charge in [-0.3, -0.25) is 4.68 Å². The smallest absolute Gasteiger partial charge is 0.335 e. The first kappa shape index (κ1) is 15.2. The first-order valence-corrected chi connectivity index (χ1v) is 7.92. The number of rotatable bonds is 5. The Hall–Kier alpha value is -2.22. The van der Waals surface area contributed by atoms with Gasteiger partial charge in [0.2, 0.25) is 0 Å². The number of aromatic carboxylic acids is 1. The molecule has 2 rings (SSSR count). The molecular formula is C13H15N3O4S. The first-order valence-electron chi connectivity index (χ1n) is 6.27. The van der Waals surface area contributed by atoms with Crippen molar-refractivity contribution >= 4 is 15.8 Å². The minimum absolute atomic E-state index is 0.0351. The fourth-order valence-electron chi connectivity index (χ4n) is 1.97. The Kier molecular flexibility index (Phi) is 4.08. The van der Waals surface area contributed by atoms with E-state index in [0.29, 0.717) is 17.8 Å². The third kappa shape index (κ3) is 3.10. The molecule has 112 valence electrons. The summed E-state index contributed by atoms with van der Waals surface area (Å²) in [6, 6.07) is 4.14. The van der Waals surface area contributed by atoms with Crippen LogP contribution in [0.25, 0.3) is 0 Å². The summed E-state index contributed by atoms with van der Waals surface area (Å²) in [5, 5.41) is 12.8. The molecule has 8 heteroatoms. The molecule has 0 aliphatic heterocycles. The van der Waals surface area contributed by atoms with Crippen LogP contribution >= 0.6 is 0 Å². The lowest BCUT2D eigenvalue weighted by Crippen LogP contribution is -2.13. The third-order valence-electron chi connectivity index (χ3n) is 3.15. The van der Waals surface area contributed by atoms with E-state index in [0.717, 1.165) is 0 Å².